The molecule has 0 saturated heterocycles. The van der Waals surface area contributed by atoms with Crippen molar-refractivity contribution in [1.29, 1.82) is 0 Å². The first kappa shape index (κ1) is 8.26. The predicted octanol–water partition coefficient (Wildman–Crippen LogP) is 2.03. The van der Waals surface area contributed by atoms with Crippen molar-refractivity contribution in [3.63, 3.8) is 0 Å². The minimum absolute atomic E-state index is 0.195. The molecule has 2 N–H and O–H groups in total. The molecular formula is C10H11FN2. The lowest BCUT2D eigenvalue weighted by atomic mass is 10.2. The number of hydrogen-bond donors (Lipinski definition) is 2. The van der Waals surface area contributed by atoms with Crippen LogP contribution in [0.5, 0.6) is 0 Å². The lowest BCUT2D eigenvalue weighted by Gasteiger charge is -1.92. The third-order valence-electron chi connectivity index (χ3n) is 2.03. The van der Waals surface area contributed by atoms with Crippen molar-refractivity contribution in [3.8, 4) is 0 Å². The number of rotatable bonds is 2. The van der Waals surface area contributed by atoms with Crippen molar-refractivity contribution in [2.75, 3.05) is 7.05 Å². The van der Waals surface area contributed by atoms with Crippen LogP contribution in [0.2, 0.25) is 0 Å². The number of nitrogens with one attached hydrogen (secondary N) is 2. The highest BCUT2D eigenvalue weighted by atomic mass is 19.1. The van der Waals surface area contributed by atoms with Gasteiger partial charge in [-0.05, 0) is 19.2 Å². The van der Waals surface area contributed by atoms with E-state index in [1.54, 1.807) is 6.07 Å². The second-order valence-electron chi connectivity index (χ2n) is 3.03. The smallest absolute Gasteiger partial charge is 0.147 e. The summed E-state index contributed by atoms with van der Waals surface area (Å²) in [6.07, 6.45) is 0. The third kappa shape index (κ3) is 1.42. The van der Waals surface area contributed by atoms with Gasteiger partial charge in [0.1, 0.15) is 5.82 Å². The Morgan fingerprint density at radius 2 is 2.31 bits per heavy atom. The van der Waals surface area contributed by atoms with Crippen LogP contribution < -0.4 is 5.32 Å². The molecule has 0 aliphatic heterocycles. The number of para-hydroxylation sites is 1. The molecule has 0 amide bonds. The minimum atomic E-state index is -0.195. The summed E-state index contributed by atoms with van der Waals surface area (Å²) in [7, 11) is 1.86. The molecule has 1 heterocycles. The summed E-state index contributed by atoms with van der Waals surface area (Å²) in [6, 6.07) is 7.03. The molecule has 2 nitrogen and oxygen atoms in total. The van der Waals surface area contributed by atoms with Gasteiger partial charge in [-0.3, -0.25) is 0 Å². The van der Waals surface area contributed by atoms with Crippen molar-refractivity contribution in [1.82, 2.24) is 10.3 Å². The van der Waals surface area contributed by atoms with Gasteiger partial charge >= 0.3 is 0 Å². The van der Waals surface area contributed by atoms with Gasteiger partial charge in [-0.15, -0.1) is 0 Å². The highest BCUT2D eigenvalue weighted by Gasteiger charge is 2.03. The molecule has 0 atom stereocenters. The van der Waals surface area contributed by atoms with Crippen molar-refractivity contribution < 1.29 is 4.39 Å². The van der Waals surface area contributed by atoms with Crippen LogP contribution >= 0.6 is 0 Å². The molecule has 1 aromatic heterocycles. The molecule has 68 valence electrons. The SMILES string of the molecule is CNCc1cc2cccc(F)c2[nH]1. The van der Waals surface area contributed by atoms with Gasteiger partial charge in [-0.25, -0.2) is 4.39 Å². The molecule has 0 bridgehead atoms. The Balaban J connectivity index is 2.55. The van der Waals surface area contributed by atoms with E-state index in [0.29, 0.717) is 5.52 Å². The van der Waals surface area contributed by atoms with Crippen molar-refractivity contribution in [2.45, 2.75) is 6.54 Å². The van der Waals surface area contributed by atoms with Crippen LogP contribution in [-0.2, 0) is 6.54 Å². The Morgan fingerprint density at radius 1 is 1.46 bits per heavy atom. The van der Waals surface area contributed by atoms with Gasteiger partial charge < -0.3 is 10.3 Å². The lowest BCUT2D eigenvalue weighted by Crippen LogP contribution is -2.04. The number of aromatic nitrogens is 1. The number of benzene rings is 1. The van der Waals surface area contributed by atoms with E-state index in [0.717, 1.165) is 17.6 Å². The van der Waals surface area contributed by atoms with E-state index in [9.17, 15) is 4.39 Å². The summed E-state index contributed by atoms with van der Waals surface area (Å²) < 4.78 is 13.2. The summed E-state index contributed by atoms with van der Waals surface area (Å²) in [4.78, 5) is 3.03. The molecule has 2 rings (SSSR count). The Kier molecular flexibility index (Phi) is 2.02. The monoisotopic (exact) mass is 178 g/mol. The largest absolute Gasteiger partial charge is 0.355 e. The molecule has 0 unspecified atom stereocenters. The van der Waals surface area contributed by atoms with Crippen LogP contribution in [0.4, 0.5) is 4.39 Å². The number of fused-ring (bicyclic) bond motifs is 1. The fraction of sp³-hybridized carbons (Fsp3) is 0.200. The molecular weight excluding hydrogens is 167 g/mol. The number of hydrogen-bond acceptors (Lipinski definition) is 1. The van der Waals surface area contributed by atoms with E-state index in [4.69, 9.17) is 0 Å². The van der Waals surface area contributed by atoms with Crippen molar-refractivity contribution in [2.24, 2.45) is 0 Å². The lowest BCUT2D eigenvalue weighted by molar-refractivity contribution is 0.636. The highest BCUT2D eigenvalue weighted by molar-refractivity contribution is 5.80. The maximum Gasteiger partial charge on any atom is 0.147 e. The number of aromatic amines is 1. The predicted molar refractivity (Wildman–Crippen MR) is 51.0 cm³/mol. The summed E-state index contributed by atoms with van der Waals surface area (Å²) >= 11 is 0. The molecule has 0 spiro atoms. The van der Waals surface area contributed by atoms with E-state index in [1.165, 1.54) is 6.07 Å². The summed E-state index contributed by atoms with van der Waals surface area (Å²) in [6.45, 7) is 0.730. The molecule has 0 saturated carbocycles. The Labute approximate surface area is 75.8 Å². The van der Waals surface area contributed by atoms with E-state index in [1.807, 2.05) is 19.2 Å². The topological polar surface area (TPSA) is 27.8 Å². The van der Waals surface area contributed by atoms with Crippen LogP contribution in [0.25, 0.3) is 10.9 Å². The molecule has 0 fully saturated rings. The fourth-order valence-electron chi connectivity index (χ4n) is 1.46. The fourth-order valence-corrected chi connectivity index (χ4v) is 1.46. The van der Waals surface area contributed by atoms with Crippen LogP contribution in [0.15, 0.2) is 24.3 Å². The Morgan fingerprint density at radius 3 is 3.00 bits per heavy atom. The van der Waals surface area contributed by atoms with Crippen LogP contribution in [0.3, 0.4) is 0 Å². The third-order valence-corrected chi connectivity index (χ3v) is 2.03. The molecule has 1 aromatic carbocycles. The zero-order valence-corrected chi connectivity index (χ0v) is 7.39. The molecule has 0 radical (unpaired) electrons. The highest BCUT2D eigenvalue weighted by Crippen LogP contribution is 2.17. The summed E-state index contributed by atoms with van der Waals surface area (Å²) in [5.41, 5.74) is 1.59. The second-order valence-corrected chi connectivity index (χ2v) is 3.03. The van der Waals surface area contributed by atoms with Gasteiger partial charge in [-0.2, -0.15) is 0 Å². The quantitative estimate of drug-likeness (QED) is 0.723. The van der Waals surface area contributed by atoms with Crippen LogP contribution in [-0.4, -0.2) is 12.0 Å². The van der Waals surface area contributed by atoms with E-state index in [2.05, 4.69) is 10.3 Å². The molecule has 0 aliphatic carbocycles. The van der Waals surface area contributed by atoms with Gasteiger partial charge in [0.25, 0.3) is 0 Å². The van der Waals surface area contributed by atoms with Crippen LogP contribution in [0.1, 0.15) is 5.69 Å². The maximum atomic E-state index is 13.2. The van der Waals surface area contributed by atoms with Crippen molar-refractivity contribution >= 4 is 10.9 Å². The Bertz CT molecular complexity index is 420. The zero-order valence-electron chi connectivity index (χ0n) is 7.39. The summed E-state index contributed by atoms with van der Waals surface area (Å²) in [5.74, 6) is -0.195. The Hall–Kier alpha value is -1.35. The van der Waals surface area contributed by atoms with Gasteiger partial charge in [0.2, 0.25) is 0 Å². The van der Waals surface area contributed by atoms with E-state index >= 15 is 0 Å². The number of H-pyrrole nitrogens is 1. The normalized spacial score (nSPS) is 10.9. The molecule has 0 aliphatic rings. The van der Waals surface area contributed by atoms with E-state index in [-0.39, 0.29) is 5.82 Å². The first-order valence-corrected chi connectivity index (χ1v) is 4.22. The van der Waals surface area contributed by atoms with Gasteiger partial charge in [0.05, 0.1) is 5.52 Å². The average molecular weight is 178 g/mol. The van der Waals surface area contributed by atoms with Gasteiger partial charge in [0.15, 0.2) is 0 Å². The van der Waals surface area contributed by atoms with Gasteiger partial charge in [0, 0.05) is 17.6 Å². The summed E-state index contributed by atoms with van der Waals surface area (Å²) in [5, 5.41) is 3.93. The zero-order chi connectivity index (χ0) is 9.26. The van der Waals surface area contributed by atoms with Crippen molar-refractivity contribution in [3.05, 3.63) is 35.8 Å². The molecule has 3 heteroatoms. The van der Waals surface area contributed by atoms with Crippen LogP contribution in [0, 0.1) is 5.82 Å². The van der Waals surface area contributed by atoms with E-state index < -0.39 is 0 Å². The first-order valence-electron chi connectivity index (χ1n) is 4.22. The first-order chi connectivity index (χ1) is 6.31. The standard InChI is InChI=1S/C10H11FN2/c1-12-6-8-5-7-3-2-4-9(11)10(7)13-8/h2-5,12-13H,6H2,1H3. The minimum Gasteiger partial charge on any atom is -0.355 e. The maximum absolute atomic E-state index is 13.2. The second kappa shape index (κ2) is 3.18. The van der Waals surface area contributed by atoms with Gasteiger partial charge in [-0.1, -0.05) is 12.1 Å². The molecule has 2 aromatic rings. The average Bonchev–Trinajstić information content (AvgIpc) is 2.49. The number of halogens is 1. The molecule has 13 heavy (non-hydrogen) atoms.